The van der Waals surface area contributed by atoms with Gasteiger partial charge in [-0.15, -0.1) is 0 Å². The second kappa shape index (κ2) is 7.25. The molecule has 0 saturated heterocycles. The maximum atomic E-state index is 13.2. The minimum atomic E-state index is -5.14. The maximum absolute atomic E-state index is 13.2. The fraction of sp³-hybridized carbons (Fsp3) is 0.357. The summed E-state index contributed by atoms with van der Waals surface area (Å²) < 4.78 is 103. The average Bonchev–Trinajstić information content (AvgIpc) is 2.95. The zero-order chi connectivity index (χ0) is 19.7. The molecule has 12 heteroatoms. The zero-order valence-corrected chi connectivity index (χ0v) is 13.4. The molecule has 144 valence electrons. The third-order valence-corrected chi connectivity index (χ3v) is 4.07. The topological polar surface area (TPSA) is 55.4 Å². The molecule has 1 amide bonds. The smallest absolute Gasteiger partial charge is 0.398 e. The fourth-order valence-corrected chi connectivity index (χ4v) is 2.67. The highest BCUT2D eigenvalue weighted by atomic mass is 32.2. The van der Waals surface area contributed by atoms with Crippen LogP contribution in [0.15, 0.2) is 29.5 Å². The molecule has 1 aliphatic rings. The highest BCUT2D eigenvalue weighted by Crippen LogP contribution is 2.34. The second-order valence-electron chi connectivity index (χ2n) is 5.17. The fourth-order valence-electron chi connectivity index (χ4n) is 2.21. The molecular formula is C14H10F7NO3S. The largest absolute Gasteiger partial charge is 0.508 e. The summed E-state index contributed by atoms with van der Waals surface area (Å²) in [7, 11) is 0. The number of allylic oxidation sites excluding steroid dienone is 1. The second-order valence-corrected chi connectivity index (χ2v) is 6.26. The predicted octanol–water partition coefficient (Wildman–Crippen LogP) is 4.42. The summed E-state index contributed by atoms with van der Waals surface area (Å²) in [6.45, 7) is 0. The first-order chi connectivity index (χ1) is 11.9. The lowest BCUT2D eigenvalue weighted by molar-refractivity contribution is -0.140. The molecule has 1 N–H and O–H groups in total. The predicted molar refractivity (Wildman–Crippen MR) is 76.2 cm³/mol. The first-order valence-corrected chi connectivity index (χ1v) is 8.04. The molecular weight excluding hydrogens is 395 g/mol. The Balaban J connectivity index is 2.21. The molecule has 0 spiro atoms. The molecule has 1 unspecified atom stereocenters. The van der Waals surface area contributed by atoms with E-state index in [2.05, 4.69) is 4.18 Å². The van der Waals surface area contributed by atoms with Gasteiger partial charge in [-0.25, -0.2) is 8.60 Å². The molecule has 0 radical (unpaired) electrons. The van der Waals surface area contributed by atoms with E-state index in [0.29, 0.717) is 12.1 Å². The molecule has 0 saturated carbocycles. The average molecular weight is 405 g/mol. The Hall–Kier alpha value is -2.11. The number of halogens is 7. The first kappa shape index (κ1) is 20.2. The van der Waals surface area contributed by atoms with Crippen LogP contribution in [0, 0.1) is 5.82 Å². The van der Waals surface area contributed by atoms with Gasteiger partial charge >= 0.3 is 22.8 Å². The van der Waals surface area contributed by atoms with E-state index >= 15 is 0 Å². The number of alkyl halides is 6. The quantitative estimate of drug-likeness (QED) is 0.755. The van der Waals surface area contributed by atoms with Crippen LogP contribution >= 0.6 is 0 Å². The van der Waals surface area contributed by atoms with Crippen molar-refractivity contribution < 1.29 is 43.9 Å². The normalized spacial score (nSPS) is 16.6. The van der Waals surface area contributed by atoms with E-state index in [4.69, 9.17) is 0 Å². The lowest BCUT2D eigenvalue weighted by Gasteiger charge is -2.13. The minimum Gasteiger partial charge on any atom is -0.398 e. The van der Waals surface area contributed by atoms with Crippen molar-refractivity contribution in [3.8, 4) is 0 Å². The van der Waals surface area contributed by atoms with Crippen LogP contribution < -0.4 is 5.32 Å². The summed E-state index contributed by atoms with van der Waals surface area (Å²) >= 11 is -3.67. The number of anilines is 1. The number of amides is 1. The number of carbonyl (C=O) groups excluding carboxylic acids is 1. The maximum Gasteiger partial charge on any atom is 0.508 e. The highest BCUT2D eigenvalue weighted by molar-refractivity contribution is 7.81. The minimum absolute atomic E-state index is 0.0104. The van der Waals surface area contributed by atoms with Crippen molar-refractivity contribution in [3.05, 3.63) is 40.9 Å². The van der Waals surface area contributed by atoms with Crippen molar-refractivity contribution in [2.45, 2.75) is 30.9 Å². The summed E-state index contributed by atoms with van der Waals surface area (Å²) in [4.78, 5) is 12.1. The van der Waals surface area contributed by atoms with Gasteiger partial charge in [0.15, 0.2) is 0 Å². The van der Waals surface area contributed by atoms with Crippen LogP contribution in [0.2, 0.25) is 0 Å². The molecule has 26 heavy (non-hydrogen) atoms. The van der Waals surface area contributed by atoms with Crippen LogP contribution in [0.3, 0.4) is 0 Å². The molecule has 4 nitrogen and oxygen atoms in total. The van der Waals surface area contributed by atoms with Crippen LogP contribution in [-0.4, -0.2) is 15.6 Å². The Bertz CT molecular complexity index is 771. The number of hydrogen-bond acceptors (Lipinski definition) is 3. The number of carbonyl (C=O) groups is 1. The van der Waals surface area contributed by atoms with Gasteiger partial charge in [0.05, 0.1) is 11.1 Å². The molecule has 0 bridgehead atoms. The molecule has 0 aromatic heterocycles. The Morgan fingerprint density at radius 2 is 1.77 bits per heavy atom. The van der Waals surface area contributed by atoms with Gasteiger partial charge in [0.25, 0.3) is 5.91 Å². The van der Waals surface area contributed by atoms with Crippen LogP contribution in [-0.2, 0) is 26.2 Å². The third kappa shape index (κ3) is 4.74. The molecule has 1 aliphatic carbocycles. The standard InChI is InChI=1S/C14H10F7NO3S/c15-10-5-4-7(6-9(10)13(16,17)18)22-12(23)8-2-1-3-11(8)25-26(24)14(19,20)21/h4-6H,1-3H2,(H,22,23). The third-order valence-electron chi connectivity index (χ3n) is 3.34. The van der Waals surface area contributed by atoms with Crippen LogP contribution in [0.5, 0.6) is 0 Å². The van der Waals surface area contributed by atoms with Gasteiger partial charge in [-0.1, -0.05) is 0 Å². The van der Waals surface area contributed by atoms with Gasteiger partial charge in [0, 0.05) is 12.1 Å². The molecule has 0 heterocycles. The monoisotopic (exact) mass is 405 g/mol. The SMILES string of the molecule is O=C(Nc1ccc(F)c(C(F)(F)F)c1)C1=C(OS(=O)C(F)(F)F)CCC1. The summed E-state index contributed by atoms with van der Waals surface area (Å²) in [6.07, 6.45) is -4.84. The zero-order valence-electron chi connectivity index (χ0n) is 12.6. The Labute approximate surface area is 144 Å². The van der Waals surface area contributed by atoms with E-state index in [1.54, 1.807) is 0 Å². The van der Waals surface area contributed by atoms with E-state index < -0.39 is 51.5 Å². The Morgan fingerprint density at radius 3 is 2.35 bits per heavy atom. The van der Waals surface area contributed by atoms with E-state index in [1.807, 2.05) is 5.32 Å². The lowest BCUT2D eigenvalue weighted by atomic mass is 10.1. The number of nitrogens with one attached hydrogen (secondary N) is 1. The van der Waals surface area contributed by atoms with Crippen LogP contribution in [0.25, 0.3) is 0 Å². The number of benzene rings is 1. The van der Waals surface area contributed by atoms with Gasteiger partial charge < -0.3 is 9.50 Å². The van der Waals surface area contributed by atoms with Gasteiger partial charge in [-0.2, -0.15) is 26.3 Å². The Morgan fingerprint density at radius 1 is 1.12 bits per heavy atom. The molecule has 0 aliphatic heterocycles. The van der Waals surface area contributed by atoms with Crippen molar-refractivity contribution in [2.75, 3.05) is 5.32 Å². The van der Waals surface area contributed by atoms with E-state index in [1.165, 1.54) is 0 Å². The Kier molecular flexibility index (Phi) is 5.64. The molecule has 2 rings (SSSR count). The van der Waals surface area contributed by atoms with Crippen LogP contribution in [0.4, 0.5) is 36.4 Å². The molecule has 0 fully saturated rings. The highest BCUT2D eigenvalue weighted by Gasteiger charge is 2.41. The van der Waals surface area contributed by atoms with E-state index in [9.17, 15) is 39.7 Å². The summed E-state index contributed by atoms with van der Waals surface area (Å²) in [5, 5.41) is 2.04. The van der Waals surface area contributed by atoms with Crippen molar-refractivity contribution in [3.63, 3.8) is 0 Å². The van der Waals surface area contributed by atoms with Gasteiger partial charge in [0.2, 0.25) is 0 Å². The molecule has 1 atom stereocenters. The number of hydrogen-bond donors (Lipinski definition) is 1. The first-order valence-electron chi connectivity index (χ1n) is 6.96. The van der Waals surface area contributed by atoms with Gasteiger partial charge in [-0.05, 0) is 31.0 Å². The van der Waals surface area contributed by atoms with Gasteiger partial charge in [-0.3, -0.25) is 4.79 Å². The lowest BCUT2D eigenvalue weighted by Crippen LogP contribution is -2.20. The van der Waals surface area contributed by atoms with E-state index in [-0.39, 0.29) is 24.8 Å². The summed E-state index contributed by atoms with van der Waals surface area (Å²) in [6, 6.07) is 1.72. The number of rotatable bonds is 4. The van der Waals surface area contributed by atoms with E-state index in [0.717, 1.165) is 6.07 Å². The molecule has 1 aromatic rings. The summed E-state index contributed by atoms with van der Waals surface area (Å²) in [5.41, 5.74) is -7.42. The van der Waals surface area contributed by atoms with Crippen molar-refractivity contribution in [1.29, 1.82) is 0 Å². The van der Waals surface area contributed by atoms with Gasteiger partial charge in [0.1, 0.15) is 11.6 Å². The van der Waals surface area contributed by atoms with Crippen LogP contribution in [0.1, 0.15) is 24.8 Å². The van der Waals surface area contributed by atoms with Crippen molar-refractivity contribution >= 4 is 22.7 Å². The molecule has 1 aromatic carbocycles. The van der Waals surface area contributed by atoms with Crippen molar-refractivity contribution in [1.82, 2.24) is 0 Å². The van der Waals surface area contributed by atoms with Crippen molar-refractivity contribution in [2.24, 2.45) is 0 Å². The summed E-state index contributed by atoms with van der Waals surface area (Å²) in [5.74, 6) is -3.01.